The minimum absolute atomic E-state index is 0.0249. The summed E-state index contributed by atoms with van der Waals surface area (Å²) in [5.74, 6) is -0.785. The van der Waals surface area contributed by atoms with E-state index >= 15 is 0 Å². The highest BCUT2D eigenvalue weighted by molar-refractivity contribution is 5.94. The number of nitrogen functional groups attached to an aromatic ring is 1. The van der Waals surface area contributed by atoms with Gasteiger partial charge in [0.05, 0.1) is 11.8 Å². The number of ether oxygens (including phenoxy) is 1. The summed E-state index contributed by atoms with van der Waals surface area (Å²) >= 11 is 0. The molecule has 0 saturated carbocycles. The number of aromatic nitrogens is 2. The maximum Gasteiger partial charge on any atom is 0.300 e. The van der Waals surface area contributed by atoms with Gasteiger partial charge >= 0.3 is 0 Å². The lowest BCUT2D eigenvalue weighted by molar-refractivity contribution is -0.134. The summed E-state index contributed by atoms with van der Waals surface area (Å²) in [6, 6.07) is 0. The molecular formula is C11H18N4O3. The van der Waals surface area contributed by atoms with Crippen molar-refractivity contribution in [2.45, 2.75) is 32.4 Å². The molecule has 1 aliphatic heterocycles. The molecule has 1 aliphatic rings. The molecule has 0 radical (unpaired) electrons. The van der Waals surface area contributed by atoms with Crippen LogP contribution in [0.4, 0.5) is 0 Å². The van der Waals surface area contributed by atoms with Crippen LogP contribution in [0.5, 0.6) is 0 Å². The first-order chi connectivity index (χ1) is 8.50. The molecule has 7 heteroatoms. The molecule has 1 unspecified atom stereocenters. The van der Waals surface area contributed by atoms with Crippen LogP contribution in [0.1, 0.15) is 38.0 Å². The van der Waals surface area contributed by atoms with Gasteiger partial charge in [0.25, 0.3) is 5.97 Å². The van der Waals surface area contributed by atoms with Gasteiger partial charge in [-0.3, -0.25) is 10.2 Å². The van der Waals surface area contributed by atoms with Gasteiger partial charge in [-0.2, -0.15) is 5.10 Å². The van der Waals surface area contributed by atoms with Gasteiger partial charge in [0.15, 0.2) is 0 Å². The van der Waals surface area contributed by atoms with Crippen molar-refractivity contribution in [3.8, 4) is 0 Å². The van der Waals surface area contributed by atoms with Crippen LogP contribution in [0, 0.1) is 5.41 Å². The Bertz CT molecular complexity index is 406. The lowest BCUT2D eigenvalue weighted by atomic mass is 10.2. The second-order valence-corrected chi connectivity index (χ2v) is 3.96. The van der Waals surface area contributed by atoms with Crippen molar-refractivity contribution in [1.82, 2.24) is 9.78 Å². The van der Waals surface area contributed by atoms with Crippen molar-refractivity contribution in [2.24, 2.45) is 5.73 Å². The number of carboxylic acids is 1. The lowest BCUT2D eigenvalue weighted by Gasteiger charge is -2.22. The van der Waals surface area contributed by atoms with E-state index in [2.05, 4.69) is 5.10 Å². The zero-order valence-electron chi connectivity index (χ0n) is 10.3. The summed E-state index contributed by atoms with van der Waals surface area (Å²) in [5.41, 5.74) is 6.00. The minimum atomic E-state index is -0.833. The van der Waals surface area contributed by atoms with E-state index in [1.54, 1.807) is 17.1 Å². The van der Waals surface area contributed by atoms with E-state index in [1.807, 2.05) is 0 Å². The summed E-state index contributed by atoms with van der Waals surface area (Å²) in [6.45, 7) is 1.87. The summed E-state index contributed by atoms with van der Waals surface area (Å²) in [7, 11) is 0. The summed E-state index contributed by atoms with van der Waals surface area (Å²) in [5, 5.41) is 18.8. The standard InChI is InChI=1S/C9H14N4O.C2H4O2/c10-9(11)7-5-12-13(6-7)8-3-1-2-4-14-8;1-2(3)4/h5-6,8H,1-4H2,(H3,10,11);1H3,(H,3,4). The lowest BCUT2D eigenvalue weighted by Crippen LogP contribution is -2.18. The fourth-order valence-corrected chi connectivity index (χ4v) is 1.57. The summed E-state index contributed by atoms with van der Waals surface area (Å²) in [6.07, 6.45) is 6.66. The van der Waals surface area contributed by atoms with E-state index in [1.165, 1.54) is 6.42 Å². The van der Waals surface area contributed by atoms with Crippen molar-refractivity contribution in [3.63, 3.8) is 0 Å². The first-order valence-corrected chi connectivity index (χ1v) is 5.70. The first-order valence-electron chi connectivity index (χ1n) is 5.70. The molecule has 0 aromatic carbocycles. The van der Waals surface area contributed by atoms with E-state index in [9.17, 15) is 0 Å². The molecule has 0 amide bonds. The maximum absolute atomic E-state index is 9.00. The minimum Gasteiger partial charge on any atom is -0.481 e. The van der Waals surface area contributed by atoms with E-state index in [0.29, 0.717) is 5.56 Å². The molecule has 0 spiro atoms. The largest absolute Gasteiger partial charge is 0.481 e. The number of amidine groups is 1. The van der Waals surface area contributed by atoms with Gasteiger partial charge in [0.2, 0.25) is 0 Å². The van der Waals surface area contributed by atoms with Crippen molar-refractivity contribution < 1.29 is 14.6 Å². The third-order valence-corrected chi connectivity index (χ3v) is 2.36. The van der Waals surface area contributed by atoms with Gasteiger partial charge in [-0.15, -0.1) is 0 Å². The Morgan fingerprint density at radius 2 is 2.33 bits per heavy atom. The topological polar surface area (TPSA) is 114 Å². The highest BCUT2D eigenvalue weighted by Gasteiger charge is 2.16. The van der Waals surface area contributed by atoms with Crippen LogP contribution < -0.4 is 5.73 Å². The molecule has 1 atom stereocenters. The van der Waals surface area contributed by atoms with E-state index in [-0.39, 0.29) is 12.1 Å². The Hall–Kier alpha value is -1.89. The van der Waals surface area contributed by atoms with Gasteiger partial charge in [0, 0.05) is 19.7 Å². The molecular weight excluding hydrogens is 236 g/mol. The summed E-state index contributed by atoms with van der Waals surface area (Å²) < 4.78 is 7.29. The molecule has 100 valence electrons. The SMILES string of the molecule is CC(=O)O.N=C(N)c1cnn(C2CCCCO2)c1. The van der Waals surface area contributed by atoms with Gasteiger partial charge in [-0.25, -0.2) is 4.68 Å². The Morgan fingerprint density at radius 1 is 1.67 bits per heavy atom. The number of nitrogens with zero attached hydrogens (tertiary/aromatic N) is 2. The van der Waals surface area contributed by atoms with E-state index in [0.717, 1.165) is 26.4 Å². The molecule has 1 aromatic rings. The molecule has 0 bridgehead atoms. The third-order valence-electron chi connectivity index (χ3n) is 2.36. The monoisotopic (exact) mass is 254 g/mol. The Balaban J connectivity index is 0.000000357. The summed E-state index contributed by atoms with van der Waals surface area (Å²) in [4.78, 5) is 9.00. The van der Waals surface area contributed by atoms with Crippen LogP contribution in [-0.2, 0) is 9.53 Å². The Kier molecular flexibility index (Phi) is 5.31. The van der Waals surface area contributed by atoms with Gasteiger partial charge in [0.1, 0.15) is 12.1 Å². The highest BCUT2D eigenvalue weighted by atomic mass is 16.5. The number of nitrogens with two attached hydrogens (primary N) is 1. The third kappa shape index (κ3) is 4.54. The number of carbonyl (C=O) groups is 1. The molecule has 4 N–H and O–H groups in total. The highest BCUT2D eigenvalue weighted by Crippen LogP contribution is 2.21. The predicted octanol–water partition coefficient (Wildman–Crippen LogP) is 0.957. The predicted molar refractivity (Wildman–Crippen MR) is 65.4 cm³/mol. The number of hydrogen-bond acceptors (Lipinski definition) is 4. The number of carboxylic acid groups (broad SMARTS) is 1. The quantitative estimate of drug-likeness (QED) is 0.537. The normalized spacial score (nSPS) is 18.6. The number of hydrogen-bond donors (Lipinski definition) is 3. The van der Waals surface area contributed by atoms with Crippen molar-refractivity contribution in [3.05, 3.63) is 18.0 Å². The number of nitrogens with one attached hydrogen (secondary N) is 1. The molecule has 1 aromatic heterocycles. The van der Waals surface area contributed by atoms with Crippen LogP contribution in [0.2, 0.25) is 0 Å². The second kappa shape index (κ2) is 6.75. The fraction of sp³-hybridized carbons (Fsp3) is 0.545. The van der Waals surface area contributed by atoms with E-state index < -0.39 is 5.97 Å². The molecule has 1 fully saturated rings. The van der Waals surface area contributed by atoms with Crippen LogP contribution >= 0.6 is 0 Å². The van der Waals surface area contributed by atoms with Crippen LogP contribution in [0.25, 0.3) is 0 Å². The molecule has 7 nitrogen and oxygen atoms in total. The van der Waals surface area contributed by atoms with E-state index in [4.69, 9.17) is 25.8 Å². The van der Waals surface area contributed by atoms with Crippen molar-refractivity contribution in [2.75, 3.05) is 6.61 Å². The smallest absolute Gasteiger partial charge is 0.300 e. The Labute approximate surface area is 105 Å². The average molecular weight is 254 g/mol. The zero-order valence-corrected chi connectivity index (χ0v) is 10.3. The van der Waals surface area contributed by atoms with Crippen LogP contribution in [-0.4, -0.2) is 33.3 Å². The number of rotatable bonds is 2. The maximum atomic E-state index is 9.00. The molecule has 2 heterocycles. The average Bonchev–Trinajstić information content (AvgIpc) is 2.79. The fourth-order valence-electron chi connectivity index (χ4n) is 1.57. The zero-order chi connectivity index (χ0) is 13.5. The number of aliphatic carboxylic acids is 1. The van der Waals surface area contributed by atoms with Crippen molar-refractivity contribution >= 4 is 11.8 Å². The van der Waals surface area contributed by atoms with Gasteiger partial charge < -0.3 is 15.6 Å². The van der Waals surface area contributed by atoms with Crippen molar-refractivity contribution in [1.29, 1.82) is 5.41 Å². The first kappa shape index (κ1) is 14.2. The van der Waals surface area contributed by atoms with Crippen LogP contribution in [0.15, 0.2) is 12.4 Å². The van der Waals surface area contributed by atoms with Gasteiger partial charge in [-0.05, 0) is 19.3 Å². The second-order valence-electron chi connectivity index (χ2n) is 3.96. The molecule has 1 saturated heterocycles. The van der Waals surface area contributed by atoms with Gasteiger partial charge in [-0.1, -0.05) is 0 Å². The molecule has 18 heavy (non-hydrogen) atoms. The Morgan fingerprint density at radius 3 is 2.78 bits per heavy atom. The molecule has 0 aliphatic carbocycles. The van der Waals surface area contributed by atoms with Crippen LogP contribution in [0.3, 0.4) is 0 Å². The molecule has 2 rings (SSSR count).